The summed E-state index contributed by atoms with van der Waals surface area (Å²) in [4.78, 5) is 2.22. The van der Waals surface area contributed by atoms with Crippen LogP contribution >= 0.6 is 0 Å². The van der Waals surface area contributed by atoms with Crippen molar-refractivity contribution in [2.24, 2.45) is 0 Å². The fraction of sp³-hybridized carbons (Fsp3) is 0. The highest BCUT2D eigenvalue weighted by molar-refractivity contribution is 6.22. The van der Waals surface area contributed by atoms with Crippen molar-refractivity contribution in [1.29, 1.82) is 0 Å². The number of benzene rings is 8. The van der Waals surface area contributed by atoms with Gasteiger partial charge < -0.3 is 9.32 Å². The van der Waals surface area contributed by atoms with Crippen molar-refractivity contribution >= 4 is 49.8 Å². The minimum atomic E-state index is -0.255. The Morgan fingerprint density at radius 3 is 1.38 bits per heavy atom. The second-order valence-electron chi connectivity index (χ2n) is 12.4. The molecule has 0 bridgehead atoms. The van der Waals surface area contributed by atoms with Crippen LogP contribution in [0.15, 0.2) is 180 Å². The minimum absolute atomic E-state index is 0.255. The fourth-order valence-corrected chi connectivity index (χ4v) is 6.96. The molecule has 50 heavy (non-hydrogen) atoms. The zero-order chi connectivity index (χ0) is 33.6. The number of nitrogens with zero attached hydrogens (tertiary/aromatic N) is 1. The molecule has 0 atom stereocenters. The molecule has 0 saturated heterocycles. The van der Waals surface area contributed by atoms with E-state index in [1.165, 1.54) is 29.7 Å². The van der Waals surface area contributed by atoms with E-state index in [4.69, 9.17) is 4.42 Å². The lowest BCUT2D eigenvalue weighted by molar-refractivity contribution is 0.627. The summed E-state index contributed by atoms with van der Waals surface area (Å²) in [5, 5.41) is 4.57. The molecule has 0 spiro atoms. The summed E-state index contributed by atoms with van der Waals surface area (Å²) in [5.41, 5.74) is 10.9. The lowest BCUT2D eigenvalue weighted by Crippen LogP contribution is -2.09. The molecule has 0 saturated carbocycles. The van der Waals surface area contributed by atoms with Crippen molar-refractivity contribution in [3.05, 3.63) is 188 Å². The highest BCUT2D eigenvalue weighted by Crippen LogP contribution is 2.42. The van der Waals surface area contributed by atoms with Gasteiger partial charge in [0, 0.05) is 33.2 Å². The van der Waals surface area contributed by atoms with Crippen molar-refractivity contribution in [2.45, 2.75) is 0 Å². The summed E-state index contributed by atoms with van der Waals surface area (Å²) in [6.07, 6.45) is 0. The minimum Gasteiger partial charge on any atom is -0.456 e. The van der Waals surface area contributed by atoms with Crippen LogP contribution in [-0.2, 0) is 0 Å². The Hall–Kier alpha value is -6.52. The third-order valence-corrected chi connectivity index (χ3v) is 9.43. The van der Waals surface area contributed by atoms with Crippen molar-refractivity contribution in [1.82, 2.24) is 0 Å². The molecule has 9 rings (SSSR count). The van der Waals surface area contributed by atoms with Crippen LogP contribution in [0.2, 0.25) is 0 Å². The number of hydrogen-bond donors (Lipinski definition) is 0. The van der Waals surface area contributed by atoms with Gasteiger partial charge in [0.05, 0.1) is 0 Å². The summed E-state index contributed by atoms with van der Waals surface area (Å²) >= 11 is 0. The molecule has 0 N–H and O–H groups in total. The molecule has 0 aliphatic heterocycles. The van der Waals surface area contributed by atoms with Crippen LogP contribution in [0, 0.1) is 11.6 Å². The van der Waals surface area contributed by atoms with Gasteiger partial charge in [-0.05, 0) is 112 Å². The van der Waals surface area contributed by atoms with Gasteiger partial charge in [0.15, 0.2) is 0 Å². The first kappa shape index (κ1) is 29.6. The van der Waals surface area contributed by atoms with Crippen LogP contribution in [0.3, 0.4) is 0 Å². The van der Waals surface area contributed by atoms with Gasteiger partial charge in [0.2, 0.25) is 0 Å². The Kier molecular flexibility index (Phi) is 7.21. The van der Waals surface area contributed by atoms with Gasteiger partial charge in [-0.1, -0.05) is 103 Å². The molecule has 0 radical (unpaired) electrons. The van der Waals surface area contributed by atoms with Gasteiger partial charge >= 0.3 is 0 Å². The van der Waals surface area contributed by atoms with Crippen molar-refractivity contribution in [3.63, 3.8) is 0 Å². The standard InChI is InChI=1S/C46H29F2NO/c47-36-19-8-30(9-20-36)32-12-23-38(24-13-32)49(39-25-14-33(15-26-39)31-10-21-37(48)22-11-31)40-27-16-34(17-28-40)41-6-3-4-35-18-29-44-46(45(35)41)42-5-1-2-7-43(42)50-44/h1-29H. The van der Waals surface area contributed by atoms with Gasteiger partial charge in [-0.25, -0.2) is 8.78 Å². The molecule has 0 amide bonds. The van der Waals surface area contributed by atoms with E-state index < -0.39 is 0 Å². The average molecular weight is 650 g/mol. The number of furan rings is 1. The maximum Gasteiger partial charge on any atom is 0.136 e. The molecule has 0 aliphatic rings. The smallest absolute Gasteiger partial charge is 0.136 e. The van der Waals surface area contributed by atoms with Gasteiger partial charge in [-0.15, -0.1) is 0 Å². The van der Waals surface area contributed by atoms with E-state index >= 15 is 0 Å². The third-order valence-electron chi connectivity index (χ3n) is 9.43. The molecule has 4 heteroatoms. The van der Waals surface area contributed by atoms with Gasteiger partial charge in [0.25, 0.3) is 0 Å². The summed E-state index contributed by atoms with van der Waals surface area (Å²) in [6, 6.07) is 57.2. The second-order valence-corrected chi connectivity index (χ2v) is 12.4. The van der Waals surface area contributed by atoms with Gasteiger partial charge in [-0.2, -0.15) is 0 Å². The molecule has 8 aromatic carbocycles. The van der Waals surface area contributed by atoms with E-state index in [1.807, 2.05) is 12.1 Å². The molecule has 238 valence electrons. The molecule has 0 unspecified atom stereocenters. The van der Waals surface area contributed by atoms with Crippen molar-refractivity contribution in [2.75, 3.05) is 4.90 Å². The van der Waals surface area contributed by atoms with E-state index in [-0.39, 0.29) is 11.6 Å². The molecule has 1 heterocycles. The number of halogens is 2. The van der Waals surface area contributed by atoms with Crippen LogP contribution < -0.4 is 4.90 Å². The molecule has 0 fully saturated rings. The van der Waals surface area contributed by atoms with E-state index in [9.17, 15) is 8.78 Å². The first-order valence-electron chi connectivity index (χ1n) is 16.5. The van der Waals surface area contributed by atoms with Crippen LogP contribution in [0.4, 0.5) is 25.8 Å². The highest BCUT2D eigenvalue weighted by Gasteiger charge is 2.17. The molecule has 9 aromatic rings. The van der Waals surface area contributed by atoms with E-state index in [0.29, 0.717) is 0 Å². The molecule has 2 nitrogen and oxygen atoms in total. The summed E-state index contributed by atoms with van der Waals surface area (Å²) in [5.74, 6) is -0.509. The quantitative estimate of drug-likeness (QED) is 0.178. The van der Waals surface area contributed by atoms with Crippen LogP contribution in [0.1, 0.15) is 0 Å². The van der Waals surface area contributed by atoms with E-state index in [2.05, 4.69) is 120 Å². The SMILES string of the molecule is Fc1ccc(-c2ccc(N(c3ccc(-c4ccc(F)cc4)cc3)c3ccc(-c4cccc5ccc6oc7ccccc7c6c45)cc3)cc2)cc1. The predicted molar refractivity (Wildman–Crippen MR) is 202 cm³/mol. The Bertz CT molecular complexity index is 2530. The first-order chi connectivity index (χ1) is 24.6. The summed E-state index contributed by atoms with van der Waals surface area (Å²) in [7, 11) is 0. The van der Waals surface area contributed by atoms with Crippen LogP contribution in [0.5, 0.6) is 0 Å². The number of para-hydroxylation sites is 1. The lowest BCUT2D eigenvalue weighted by Gasteiger charge is -2.26. The summed E-state index contributed by atoms with van der Waals surface area (Å²) in [6.45, 7) is 0. The Morgan fingerprint density at radius 1 is 0.360 bits per heavy atom. The lowest BCUT2D eigenvalue weighted by atomic mass is 9.94. The normalized spacial score (nSPS) is 11.4. The number of rotatable bonds is 6. The van der Waals surface area contributed by atoms with Gasteiger partial charge in [0.1, 0.15) is 22.8 Å². The van der Waals surface area contributed by atoms with Crippen LogP contribution in [-0.4, -0.2) is 0 Å². The number of anilines is 3. The molecule has 0 aliphatic carbocycles. The third kappa shape index (κ3) is 5.28. The van der Waals surface area contributed by atoms with Gasteiger partial charge in [-0.3, -0.25) is 0 Å². The number of fused-ring (bicyclic) bond motifs is 5. The maximum absolute atomic E-state index is 13.6. The van der Waals surface area contributed by atoms with Crippen LogP contribution in [0.25, 0.3) is 66.1 Å². The van der Waals surface area contributed by atoms with Crippen molar-refractivity contribution < 1.29 is 13.2 Å². The highest BCUT2D eigenvalue weighted by atomic mass is 19.1. The Labute approximate surface area is 288 Å². The zero-order valence-corrected chi connectivity index (χ0v) is 26.9. The maximum atomic E-state index is 13.6. The van der Waals surface area contributed by atoms with E-state index in [0.717, 1.165) is 77.8 Å². The first-order valence-corrected chi connectivity index (χ1v) is 16.5. The topological polar surface area (TPSA) is 16.4 Å². The number of hydrogen-bond acceptors (Lipinski definition) is 2. The Balaban J connectivity index is 1.14. The largest absolute Gasteiger partial charge is 0.456 e. The molecular formula is C46H29F2NO. The molecular weight excluding hydrogens is 621 g/mol. The average Bonchev–Trinajstić information content (AvgIpc) is 3.55. The molecule has 1 aromatic heterocycles. The Morgan fingerprint density at radius 2 is 0.840 bits per heavy atom. The second kappa shape index (κ2) is 12.2. The zero-order valence-electron chi connectivity index (χ0n) is 26.9. The monoisotopic (exact) mass is 649 g/mol. The predicted octanol–water partition coefficient (Wildman–Crippen LogP) is 13.5. The van der Waals surface area contributed by atoms with Crippen molar-refractivity contribution in [3.8, 4) is 33.4 Å². The van der Waals surface area contributed by atoms with E-state index in [1.54, 1.807) is 24.3 Å². The fourth-order valence-electron chi connectivity index (χ4n) is 6.96. The summed E-state index contributed by atoms with van der Waals surface area (Å²) < 4.78 is 33.5.